The van der Waals surface area contributed by atoms with E-state index in [-0.39, 0.29) is 5.78 Å². The van der Waals surface area contributed by atoms with Crippen LogP contribution in [-0.4, -0.2) is 28.8 Å². The summed E-state index contributed by atoms with van der Waals surface area (Å²) in [5.41, 5.74) is 3.04. The number of hydrogen-bond acceptors (Lipinski definition) is 2. The van der Waals surface area contributed by atoms with E-state index in [1.807, 2.05) is 48.7 Å². The van der Waals surface area contributed by atoms with Crippen molar-refractivity contribution in [3.8, 4) is 0 Å². The Balaban J connectivity index is 1.75. The average molecular weight is 306 g/mol. The second-order valence-corrected chi connectivity index (χ2v) is 5.87. The lowest BCUT2D eigenvalue weighted by Gasteiger charge is -2.20. The van der Waals surface area contributed by atoms with Gasteiger partial charge in [0.1, 0.15) is 0 Å². The number of Topliss-reactive ketones (excluding diaryl/α,β-unsaturated/α-hetero) is 1. The van der Waals surface area contributed by atoms with Gasteiger partial charge in [0, 0.05) is 29.2 Å². The lowest BCUT2D eigenvalue weighted by atomic mass is 10.1. The molecule has 0 unspecified atom stereocenters. The van der Waals surface area contributed by atoms with Crippen LogP contribution in [0.3, 0.4) is 0 Å². The van der Waals surface area contributed by atoms with Crippen molar-refractivity contribution in [2.45, 2.75) is 19.9 Å². The zero-order valence-electron chi connectivity index (χ0n) is 13.5. The van der Waals surface area contributed by atoms with E-state index in [4.69, 9.17) is 0 Å². The van der Waals surface area contributed by atoms with Gasteiger partial charge in [-0.3, -0.25) is 9.69 Å². The molecule has 0 saturated heterocycles. The summed E-state index contributed by atoms with van der Waals surface area (Å²) in [7, 11) is 0. The van der Waals surface area contributed by atoms with E-state index in [1.165, 1.54) is 5.56 Å². The molecule has 2 aromatic carbocycles. The molecule has 3 aromatic rings. The van der Waals surface area contributed by atoms with E-state index >= 15 is 0 Å². The number of fused-ring (bicyclic) bond motifs is 1. The van der Waals surface area contributed by atoms with Crippen molar-refractivity contribution in [2.75, 3.05) is 13.1 Å². The minimum atomic E-state index is 0.173. The predicted octanol–water partition coefficient (Wildman–Crippen LogP) is 4.26. The highest BCUT2D eigenvalue weighted by atomic mass is 16.1. The molecule has 0 bridgehead atoms. The van der Waals surface area contributed by atoms with Gasteiger partial charge in [-0.2, -0.15) is 0 Å². The van der Waals surface area contributed by atoms with Crippen molar-refractivity contribution in [2.24, 2.45) is 0 Å². The maximum absolute atomic E-state index is 12.7. The van der Waals surface area contributed by atoms with Crippen LogP contribution < -0.4 is 0 Å². The maximum Gasteiger partial charge on any atom is 0.178 e. The Morgan fingerprint density at radius 2 is 1.78 bits per heavy atom. The molecule has 3 nitrogen and oxygen atoms in total. The predicted molar refractivity (Wildman–Crippen MR) is 94.6 cm³/mol. The first kappa shape index (κ1) is 15.5. The Kier molecular flexibility index (Phi) is 4.89. The summed E-state index contributed by atoms with van der Waals surface area (Å²) >= 11 is 0. The highest BCUT2D eigenvalue weighted by molar-refractivity contribution is 6.08. The van der Waals surface area contributed by atoms with Crippen LogP contribution in [-0.2, 0) is 6.54 Å². The van der Waals surface area contributed by atoms with Crippen LogP contribution in [0.25, 0.3) is 10.9 Å². The molecule has 3 heteroatoms. The van der Waals surface area contributed by atoms with Crippen LogP contribution in [0.5, 0.6) is 0 Å². The van der Waals surface area contributed by atoms with Crippen LogP contribution in [0.4, 0.5) is 0 Å². The van der Waals surface area contributed by atoms with E-state index < -0.39 is 0 Å². The molecule has 3 rings (SSSR count). The van der Waals surface area contributed by atoms with Crippen LogP contribution in [0, 0.1) is 0 Å². The van der Waals surface area contributed by atoms with E-state index in [2.05, 4.69) is 28.9 Å². The molecule has 0 spiro atoms. The second kappa shape index (κ2) is 7.25. The van der Waals surface area contributed by atoms with E-state index in [0.29, 0.717) is 6.54 Å². The number of benzene rings is 2. The fraction of sp³-hybridized carbons (Fsp3) is 0.250. The van der Waals surface area contributed by atoms with Crippen molar-refractivity contribution >= 4 is 16.7 Å². The number of nitrogens with one attached hydrogen (secondary N) is 1. The Labute approximate surface area is 136 Å². The van der Waals surface area contributed by atoms with Crippen LogP contribution in [0.2, 0.25) is 0 Å². The molecule has 0 radical (unpaired) electrons. The molecule has 118 valence electrons. The van der Waals surface area contributed by atoms with Crippen molar-refractivity contribution in [3.05, 3.63) is 71.9 Å². The van der Waals surface area contributed by atoms with Crippen LogP contribution in [0.15, 0.2) is 60.8 Å². The van der Waals surface area contributed by atoms with Crippen LogP contribution >= 0.6 is 0 Å². The van der Waals surface area contributed by atoms with Gasteiger partial charge in [-0.05, 0) is 24.6 Å². The Morgan fingerprint density at radius 1 is 1.04 bits per heavy atom. The van der Waals surface area contributed by atoms with Gasteiger partial charge < -0.3 is 4.98 Å². The molecular weight excluding hydrogens is 284 g/mol. The van der Waals surface area contributed by atoms with Crippen molar-refractivity contribution in [3.63, 3.8) is 0 Å². The maximum atomic E-state index is 12.7. The van der Waals surface area contributed by atoms with Gasteiger partial charge >= 0.3 is 0 Å². The Hall–Kier alpha value is -2.39. The molecule has 0 aliphatic carbocycles. The fourth-order valence-electron chi connectivity index (χ4n) is 2.96. The third-order valence-electron chi connectivity index (χ3n) is 4.05. The fourth-order valence-corrected chi connectivity index (χ4v) is 2.96. The number of carbonyl (C=O) groups excluding carboxylic acids is 1. The first-order valence-electron chi connectivity index (χ1n) is 8.13. The van der Waals surface area contributed by atoms with Gasteiger partial charge in [0.2, 0.25) is 0 Å². The van der Waals surface area contributed by atoms with Crippen molar-refractivity contribution < 1.29 is 4.79 Å². The number of aromatic amines is 1. The number of carbonyl (C=O) groups is 1. The van der Waals surface area contributed by atoms with Gasteiger partial charge in [0.05, 0.1) is 6.54 Å². The zero-order valence-corrected chi connectivity index (χ0v) is 13.5. The normalized spacial score (nSPS) is 11.2. The Bertz CT molecular complexity index is 776. The summed E-state index contributed by atoms with van der Waals surface area (Å²) in [5, 5.41) is 1.01. The standard InChI is InChI=1S/C20H22N2O/c1-2-12-22(14-16-8-4-3-5-9-16)15-20(23)18-13-21-19-11-7-6-10-17(18)19/h3-11,13,21H,2,12,14-15H2,1H3. The molecule has 23 heavy (non-hydrogen) atoms. The number of hydrogen-bond donors (Lipinski definition) is 1. The number of rotatable bonds is 7. The molecular formula is C20H22N2O. The number of H-pyrrole nitrogens is 1. The zero-order chi connectivity index (χ0) is 16.1. The summed E-state index contributed by atoms with van der Waals surface area (Å²) in [4.78, 5) is 18.1. The van der Waals surface area contributed by atoms with Gasteiger partial charge in [0.15, 0.2) is 5.78 Å². The lowest BCUT2D eigenvalue weighted by molar-refractivity contribution is 0.0927. The van der Waals surface area contributed by atoms with Gasteiger partial charge in [-0.1, -0.05) is 55.5 Å². The van der Waals surface area contributed by atoms with E-state index in [1.54, 1.807) is 0 Å². The molecule has 1 heterocycles. The van der Waals surface area contributed by atoms with Gasteiger partial charge in [-0.25, -0.2) is 0 Å². The average Bonchev–Trinajstić information content (AvgIpc) is 3.00. The minimum Gasteiger partial charge on any atom is -0.360 e. The highest BCUT2D eigenvalue weighted by Crippen LogP contribution is 2.19. The molecule has 0 saturated carbocycles. The van der Waals surface area contributed by atoms with Gasteiger partial charge in [-0.15, -0.1) is 0 Å². The summed E-state index contributed by atoms with van der Waals surface area (Å²) < 4.78 is 0. The molecule has 0 fully saturated rings. The van der Waals surface area contributed by atoms with Gasteiger partial charge in [0.25, 0.3) is 0 Å². The molecule has 1 aromatic heterocycles. The Morgan fingerprint density at radius 3 is 2.57 bits per heavy atom. The quantitative estimate of drug-likeness (QED) is 0.662. The van der Waals surface area contributed by atoms with E-state index in [0.717, 1.165) is 36.0 Å². The summed E-state index contributed by atoms with van der Waals surface area (Å²) in [5.74, 6) is 0.173. The van der Waals surface area contributed by atoms with E-state index in [9.17, 15) is 4.79 Å². The largest absolute Gasteiger partial charge is 0.360 e. The monoisotopic (exact) mass is 306 g/mol. The third kappa shape index (κ3) is 3.69. The smallest absolute Gasteiger partial charge is 0.178 e. The first-order chi connectivity index (χ1) is 11.3. The first-order valence-corrected chi connectivity index (χ1v) is 8.13. The number of aromatic nitrogens is 1. The molecule has 0 amide bonds. The highest BCUT2D eigenvalue weighted by Gasteiger charge is 2.15. The molecule has 0 aliphatic rings. The second-order valence-electron chi connectivity index (χ2n) is 5.87. The summed E-state index contributed by atoms with van der Waals surface area (Å²) in [6, 6.07) is 18.3. The third-order valence-corrected chi connectivity index (χ3v) is 4.05. The SMILES string of the molecule is CCCN(CC(=O)c1c[nH]c2ccccc12)Cc1ccccc1. The number of ketones is 1. The lowest BCUT2D eigenvalue weighted by Crippen LogP contribution is -2.30. The number of para-hydroxylation sites is 1. The minimum absolute atomic E-state index is 0.173. The summed E-state index contributed by atoms with van der Waals surface area (Å²) in [6.45, 7) is 4.32. The number of nitrogens with zero attached hydrogens (tertiary/aromatic N) is 1. The van der Waals surface area contributed by atoms with Crippen LogP contribution in [0.1, 0.15) is 29.3 Å². The van der Waals surface area contributed by atoms with Crippen molar-refractivity contribution in [1.82, 2.24) is 9.88 Å². The molecule has 0 atom stereocenters. The van der Waals surface area contributed by atoms with Crippen molar-refractivity contribution in [1.29, 1.82) is 0 Å². The topological polar surface area (TPSA) is 36.1 Å². The summed E-state index contributed by atoms with van der Waals surface area (Å²) in [6.07, 6.45) is 2.87. The molecule has 0 aliphatic heterocycles. The molecule has 1 N–H and O–H groups in total.